The molecule has 0 saturated carbocycles. The third kappa shape index (κ3) is 6.83. The van der Waals surface area contributed by atoms with Gasteiger partial charge in [-0.15, -0.1) is 0 Å². The van der Waals surface area contributed by atoms with Crippen molar-refractivity contribution < 1.29 is 19.1 Å². The van der Waals surface area contributed by atoms with Crippen molar-refractivity contribution in [3.8, 4) is 5.75 Å². The Morgan fingerprint density at radius 3 is 2.63 bits per heavy atom. The molecule has 1 unspecified atom stereocenters. The average molecular weight is 727 g/mol. The number of nitrogens with one attached hydrogen (secondary N) is 4. The monoisotopic (exact) mass is 726 g/mol. The number of halogens is 1. The molecule has 4 N–H and O–H groups in total. The van der Waals surface area contributed by atoms with Gasteiger partial charge in [0.15, 0.2) is 18.2 Å². The zero-order chi connectivity index (χ0) is 36.7. The van der Waals surface area contributed by atoms with E-state index in [1.54, 1.807) is 24.0 Å². The summed E-state index contributed by atoms with van der Waals surface area (Å²) in [4.78, 5) is 60.2. The summed E-state index contributed by atoms with van der Waals surface area (Å²) in [5, 5.41) is 18.5. The molecule has 15 nitrogen and oxygen atoms in total. The fraction of sp³-hybridized carbons (Fsp3) is 0.361. The zero-order valence-electron chi connectivity index (χ0n) is 29.2. The number of amides is 3. The Balaban J connectivity index is 1.03. The van der Waals surface area contributed by atoms with Gasteiger partial charge in [-0.25, -0.2) is 4.98 Å². The molecule has 7 rings (SSSR count). The lowest BCUT2D eigenvalue weighted by atomic mass is 9.92. The van der Waals surface area contributed by atoms with Crippen LogP contribution in [-0.4, -0.2) is 74.3 Å². The van der Waals surface area contributed by atoms with Gasteiger partial charge in [-0.3, -0.25) is 29.2 Å². The largest absolute Gasteiger partial charge is 0.478 e. The predicted molar refractivity (Wildman–Crippen MR) is 198 cm³/mol. The average Bonchev–Trinajstić information content (AvgIpc) is 3.45. The van der Waals surface area contributed by atoms with Crippen LogP contribution in [0, 0.1) is 0 Å². The number of nitrogens with zero attached hydrogens (tertiary/aromatic N) is 6. The Labute approximate surface area is 303 Å². The van der Waals surface area contributed by atoms with Gasteiger partial charge in [-0.05, 0) is 68.7 Å². The van der Waals surface area contributed by atoms with Gasteiger partial charge in [0.2, 0.25) is 17.8 Å². The summed E-state index contributed by atoms with van der Waals surface area (Å²) < 4.78 is 8.76. The molecule has 0 spiro atoms. The van der Waals surface area contributed by atoms with Crippen molar-refractivity contribution in [2.24, 2.45) is 14.1 Å². The molecule has 270 valence electrons. The van der Waals surface area contributed by atoms with Crippen LogP contribution in [-0.2, 0) is 28.5 Å². The summed E-state index contributed by atoms with van der Waals surface area (Å²) in [7, 11) is 5.02. The van der Waals surface area contributed by atoms with E-state index in [0.717, 1.165) is 41.4 Å². The first-order chi connectivity index (χ1) is 25.0. The number of hydrogen-bond acceptors (Lipinski definition) is 11. The second-order valence-electron chi connectivity index (χ2n) is 13.3. The molecule has 5 heterocycles. The van der Waals surface area contributed by atoms with Crippen molar-refractivity contribution >= 4 is 74.3 Å². The molecule has 52 heavy (non-hydrogen) atoms. The molecule has 3 atom stereocenters. The van der Waals surface area contributed by atoms with E-state index in [2.05, 4.69) is 49.2 Å². The smallest absolute Gasteiger partial charge is 0.293 e. The molecule has 16 heteroatoms. The normalized spacial score (nSPS) is 19.1. The van der Waals surface area contributed by atoms with E-state index in [9.17, 15) is 19.2 Å². The molecule has 0 bridgehead atoms. The van der Waals surface area contributed by atoms with Crippen LogP contribution in [0.15, 0.2) is 53.5 Å². The van der Waals surface area contributed by atoms with Crippen LogP contribution in [0.25, 0.3) is 21.8 Å². The summed E-state index contributed by atoms with van der Waals surface area (Å²) in [5.41, 5.74) is 3.61. The third-order valence-electron chi connectivity index (χ3n) is 9.78. The summed E-state index contributed by atoms with van der Waals surface area (Å²) in [6, 6.07) is 13.5. The number of ether oxygens (including phenoxy) is 1. The van der Waals surface area contributed by atoms with Crippen molar-refractivity contribution in [2.45, 2.75) is 50.6 Å². The van der Waals surface area contributed by atoms with Gasteiger partial charge in [0.05, 0.1) is 28.8 Å². The van der Waals surface area contributed by atoms with Crippen LogP contribution in [0.4, 0.5) is 23.1 Å². The molecule has 0 aliphatic carbocycles. The minimum absolute atomic E-state index is 0.0708. The first-order valence-corrected chi connectivity index (χ1v) is 17.5. The molecule has 2 aliphatic rings. The first-order valence-electron chi connectivity index (χ1n) is 17.1. The molecule has 5 aromatic rings. The number of aromatic nitrogens is 5. The number of likely N-dealkylation sites (N-methyl/N-ethyl adjacent to an activating group) is 1. The molecule has 2 aliphatic heterocycles. The number of pyridine rings is 1. The van der Waals surface area contributed by atoms with Gasteiger partial charge >= 0.3 is 0 Å². The molecule has 2 saturated heterocycles. The Morgan fingerprint density at radius 2 is 1.87 bits per heavy atom. The maximum atomic E-state index is 12.8. The number of carbonyl (C=O) groups excluding carboxylic acids is 3. The van der Waals surface area contributed by atoms with Crippen molar-refractivity contribution in [2.75, 3.05) is 35.7 Å². The number of hydrogen-bond donors (Lipinski definition) is 4. The number of imide groups is 1. The van der Waals surface area contributed by atoms with Gasteiger partial charge < -0.3 is 30.2 Å². The van der Waals surface area contributed by atoms with Gasteiger partial charge in [0, 0.05) is 68.3 Å². The lowest BCUT2D eigenvalue weighted by molar-refractivity contribution is -0.134. The molecule has 3 aromatic heterocycles. The summed E-state index contributed by atoms with van der Waals surface area (Å²) in [6.45, 7) is 2.60. The highest BCUT2D eigenvalue weighted by atomic mass is 35.5. The number of anilines is 4. The summed E-state index contributed by atoms with van der Waals surface area (Å²) in [6.07, 6.45) is 4.03. The summed E-state index contributed by atoms with van der Waals surface area (Å²) in [5.74, 6) is -0.253. The van der Waals surface area contributed by atoms with Gasteiger partial charge in [0.1, 0.15) is 5.02 Å². The van der Waals surface area contributed by atoms with E-state index in [1.807, 2.05) is 37.4 Å². The molecular weight excluding hydrogens is 688 g/mol. The summed E-state index contributed by atoms with van der Waals surface area (Å²) >= 11 is 6.56. The predicted octanol–water partition coefficient (Wildman–Crippen LogP) is 3.73. The second kappa shape index (κ2) is 14.1. The fourth-order valence-corrected chi connectivity index (χ4v) is 7.13. The van der Waals surface area contributed by atoms with Gasteiger partial charge in [-0.1, -0.05) is 11.6 Å². The Bertz CT molecular complexity index is 2290. The van der Waals surface area contributed by atoms with E-state index < -0.39 is 5.92 Å². The molecule has 0 radical (unpaired) electrons. The minimum Gasteiger partial charge on any atom is -0.478 e. The van der Waals surface area contributed by atoms with Crippen LogP contribution in [0.5, 0.6) is 5.75 Å². The van der Waals surface area contributed by atoms with Crippen LogP contribution in [0.3, 0.4) is 0 Å². The van der Waals surface area contributed by atoms with E-state index in [4.69, 9.17) is 21.3 Å². The van der Waals surface area contributed by atoms with Gasteiger partial charge in [0.25, 0.3) is 11.5 Å². The quantitative estimate of drug-likeness (QED) is 0.163. The van der Waals surface area contributed by atoms with E-state index in [0.29, 0.717) is 46.5 Å². The number of carbonyl (C=O) groups is 3. The van der Waals surface area contributed by atoms with Gasteiger partial charge in [-0.2, -0.15) is 10.1 Å². The SMILES string of the molecule is CNC(=O)COc1cc2cc(Nc3nc(N4CC[C@@H](Nc5ccc6c(C7CCC(=O)NC7=O)nn(C)c6c5)C[C@H]4C)ncc3Cl)ccc2n(C)c1=O. The highest BCUT2D eigenvalue weighted by molar-refractivity contribution is 6.33. The highest BCUT2D eigenvalue weighted by Gasteiger charge is 2.32. The number of fused-ring (bicyclic) bond motifs is 2. The van der Waals surface area contributed by atoms with Crippen LogP contribution >= 0.6 is 11.6 Å². The topological polar surface area (TPSA) is 177 Å². The zero-order valence-corrected chi connectivity index (χ0v) is 30.0. The van der Waals surface area contributed by atoms with Crippen LogP contribution in [0.1, 0.15) is 44.2 Å². The van der Waals surface area contributed by atoms with E-state index >= 15 is 0 Å². The van der Waals surface area contributed by atoms with E-state index in [-0.39, 0.29) is 47.7 Å². The molecule has 2 aromatic carbocycles. The molecule has 3 amide bonds. The number of benzene rings is 2. The number of rotatable bonds is 9. The third-order valence-corrected chi connectivity index (χ3v) is 10.1. The standard InChI is InChI=1S/C36H39ClN10O5/c1-19-13-23(40-22-5-7-24-28(16-22)46(4)44-32(24)25-8-10-30(48)42-34(25)50)11-12-47(19)36-39-17-26(37)33(43-36)41-21-6-9-27-20(14-21)15-29(35(51)45(27)3)52-18-31(49)38-2/h5-7,9,14-17,19,23,25,40H,8,10-13,18H2,1-4H3,(H,38,49)(H,39,41,43)(H,42,48,50)/t19-,23-,25?/m1/s1. The van der Waals surface area contributed by atoms with Crippen LogP contribution in [0.2, 0.25) is 5.02 Å². The molecular formula is C36H39ClN10O5. The highest BCUT2D eigenvalue weighted by Crippen LogP contribution is 2.33. The number of piperidine rings is 2. The first kappa shape index (κ1) is 34.7. The van der Waals surface area contributed by atoms with Crippen molar-refractivity contribution in [1.29, 1.82) is 0 Å². The van der Waals surface area contributed by atoms with Crippen molar-refractivity contribution in [1.82, 2.24) is 34.9 Å². The van der Waals surface area contributed by atoms with Crippen molar-refractivity contribution in [3.05, 3.63) is 69.7 Å². The van der Waals surface area contributed by atoms with E-state index in [1.165, 1.54) is 11.6 Å². The Morgan fingerprint density at radius 1 is 1.06 bits per heavy atom. The van der Waals surface area contributed by atoms with Crippen LogP contribution < -0.4 is 36.5 Å². The minimum atomic E-state index is -0.448. The Hall–Kier alpha value is -5.70. The fourth-order valence-electron chi connectivity index (χ4n) is 6.99. The van der Waals surface area contributed by atoms with Crippen molar-refractivity contribution in [3.63, 3.8) is 0 Å². The molecule has 2 fully saturated rings. The lowest BCUT2D eigenvalue weighted by Gasteiger charge is -2.38. The Kier molecular flexibility index (Phi) is 9.44. The maximum absolute atomic E-state index is 12.8. The second-order valence-corrected chi connectivity index (χ2v) is 13.7. The number of aryl methyl sites for hydroxylation is 2. The maximum Gasteiger partial charge on any atom is 0.293 e. The lowest BCUT2D eigenvalue weighted by Crippen LogP contribution is -2.45.